The van der Waals surface area contributed by atoms with Crippen molar-refractivity contribution in [3.63, 3.8) is 0 Å². The first-order valence-corrected chi connectivity index (χ1v) is 9.31. The summed E-state index contributed by atoms with van der Waals surface area (Å²) in [4.78, 5) is 44.9. The molecule has 1 fully saturated rings. The lowest BCUT2D eigenvalue weighted by Gasteiger charge is -2.29. The van der Waals surface area contributed by atoms with Gasteiger partial charge in [0.25, 0.3) is 5.91 Å². The Hall–Kier alpha value is -2.44. The molecule has 0 bridgehead atoms. The zero-order valence-corrected chi connectivity index (χ0v) is 17.0. The molecule has 7 nitrogen and oxygen atoms in total. The van der Waals surface area contributed by atoms with Crippen molar-refractivity contribution in [1.29, 1.82) is 0 Å². The zero-order valence-electron chi connectivity index (χ0n) is 17.0. The SMILES string of the molecule is CC[C@@H](CC(=O)OC(C)(C)C)N1C(=O)N(Cc2cccc(C)n2)C(=O)[C@@H]1C. The zero-order chi connectivity index (χ0) is 20.4. The molecule has 1 aliphatic heterocycles. The smallest absolute Gasteiger partial charge is 0.328 e. The lowest BCUT2D eigenvalue weighted by Crippen LogP contribution is -2.44. The summed E-state index contributed by atoms with van der Waals surface area (Å²) < 4.78 is 5.38. The van der Waals surface area contributed by atoms with Crippen LogP contribution in [0.2, 0.25) is 0 Å². The highest BCUT2D eigenvalue weighted by molar-refractivity contribution is 6.04. The first-order chi connectivity index (χ1) is 12.5. The molecule has 0 N–H and O–H groups in total. The number of aromatic nitrogens is 1. The first kappa shape index (κ1) is 20.9. The molecule has 0 unspecified atom stereocenters. The molecule has 0 aromatic carbocycles. The first-order valence-electron chi connectivity index (χ1n) is 9.31. The highest BCUT2D eigenvalue weighted by Crippen LogP contribution is 2.26. The number of rotatable bonds is 6. The summed E-state index contributed by atoms with van der Waals surface area (Å²) in [5.74, 6) is -0.647. The molecule has 0 spiro atoms. The van der Waals surface area contributed by atoms with E-state index in [0.717, 1.165) is 5.69 Å². The van der Waals surface area contributed by atoms with E-state index >= 15 is 0 Å². The second-order valence-corrected chi connectivity index (χ2v) is 7.91. The molecule has 1 saturated heterocycles. The number of amides is 3. The van der Waals surface area contributed by atoms with Crippen LogP contribution in [-0.4, -0.2) is 50.4 Å². The molecule has 2 atom stereocenters. The maximum atomic E-state index is 12.9. The Morgan fingerprint density at radius 3 is 2.52 bits per heavy atom. The molecule has 3 amide bonds. The number of hydrogen-bond acceptors (Lipinski definition) is 5. The Labute approximate surface area is 160 Å². The average molecular weight is 375 g/mol. The lowest BCUT2D eigenvalue weighted by molar-refractivity contribution is -0.156. The van der Waals surface area contributed by atoms with Gasteiger partial charge in [0.1, 0.15) is 11.6 Å². The summed E-state index contributed by atoms with van der Waals surface area (Å²) in [6, 6.07) is 4.11. The van der Waals surface area contributed by atoms with Gasteiger partial charge in [-0.05, 0) is 53.2 Å². The predicted molar refractivity (Wildman–Crippen MR) is 101 cm³/mol. The molecule has 1 aromatic rings. The molecule has 1 aliphatic rings. The fourth-order valence-corrected chi connectivity index (χ4v) is 3.23. The Kier molecular flexibility index (Phi) is 6.23. The maximum absolute atomic E-state index is 12.9. The number of carbonyl (C=O) groups excluding carboxylic acids is 3. The third kappa shape index (κ3) is 5.05. The van der Waals surface area contributed by atoms with Gasteiger partial charge in [0, 0.05) is 11.7 Å². The van der Waals surface area contributed by atoms with Crippen LogP contribution < -0.4 is 0 Å². The van der Waals surface area contributed by atoms with Gasteiger partial charge in [0.05, 0.1) is 18.7 Å². The van der Waals surface area contributed by atoms with Crippen LogP contribution in [0.1, 0.15) is 58.8 Å². The lowest BCUT2D eigenvalue weighted by atomic mass is 10.1. The number of nitrogens with zero attached hydrogens (tertiary/aromatic N) is 3. The largest absolute Gasteiger partial charge is 0.460 e. The van der Waals surface area contributed by atoms with Gasteiger partial charge in [0.15, 0.2) is 0 Å². The summed E-state index contributed by atoms with van der Waals surface area (Å²) in [5.41, 5.74) is 0.896. The number of esters is 1. The molecule has 2 heterocycles. The summed E-state index contributed by atoms with van der Waals surface area (Å²) in [6.45, 7) is 11.0. The Morgan fingerprint density at radius 2 is 1.96 bits per heavy atom. The van der Waals surface area contributed by atoms with Gasteiger partial charge >= 0.3 is 12.0 Å². The third-order valence-electron chi connectivity index (χ3n) is 4.45. The normalized spacial score (nSPS) is 18.8. The van der Waals surface area contributed by atoms with Crippen molar-refractivity contribution in [2.24, 2.45) is 0 Å². The van der Waals surface area contributed by atoms with Gasteiger partial charge in [-0.25, -0.2) is 4.79 Å². The van der Waals surface area contributed by atoms with E-state index in [2.05, 4.69) is 4.98 Å². The number of urea groups is 1. The Balaban J connectivity index is 2.15. The number of carbonyl (C=O) groups is 3. The minimum atomic E-state index is -0.616. The summed E-state index contributed by atoms with van der Waals surface area (Å²) in [5, 5.41) is 0. The van der Waals surface area contributed by atoms with Crippen molar-refractivity contribution in [2.45, 2.75) is 78.6 Å². The van der Waals surface area contributed by atoms with Gasteiger partial charge in [-0.15, -0.1) is 0 Å². The third-order valence-corrected chi connectivity index (χ3v) is 4.45. The van der Waals surface area contributed by atoms with Crippen LogP contribution in [0.5, 0.6) is 0 Å². The van der Waals surface area contributed by atoms with E-state index in [1.165, 1.54) is 9.80 Å². The van der Waals surface area contributed by atoms with Crippen molar-refractivity contribution in [1.82, 2.24) is 14.8 Å². The molecule has 27 heavy (non-hydrogen) atoms. The number of imide groups is 1. The fraction of sp³-hybridized carbons (Fsp3) is 0.600. The van der Waals surface area contributed by atoms with E-state index in [9.17, 15) is 14.4 Å². The molecule has 148 valence electrons. The molecule has 2 rings (SSSR count). The number of hydrogen-bond donors (Lipinski definition) is 0. The standard InChI is InChI=1S/C20H29N3O4/c1-7-16(11-17(24)27-20(4,5)6)23-14(3)18(25)22(19(23)26)12-15-10-8-9-13(2)21-15/h8-10,14,16H,7,11-12H2,1-6H3/t14-,16-/m0/s1. The van der Waals surface area contributed by atoms with Crippen molar-refractivity contribution in [2.75, 3.05) is 0 Å². The van der Waals surface area contributed by atoms with Crippen LogP contribution in [0.4, 0.5) is 4.79 Å². The number of ether oxygens (including phenoxy) is 1. The van der Waals surface area contributed by atoms with Gasteiger partial charge < -0.3 is 9.64 Å². The maximum Gasteiger partial charge on any atom is 0.328 e. The van der Waals surface area contributed by atoms with Crippen LogP contribution in [0.15, 0.2) is 18.2 Å². The van der Waals surface area contributed by atoms with E-state index in [4.69, 9.17) is 4.74 Å². The summed E-state index contributed by atoms with van der Waals surface area (Å²) >= 11 is 0. The summed E-state index contributed by atoms with van der Waals surface area (Å²) in [7, 11) is 0. The van der Waals surface area contributed by atoms with Crippen molar-refractivity contribution in [3.8, 4) is 0 Å². The molecular weight excluding hydrogens is 346 g/mol. The van der Waals surface area contributed by atoms with E-state index in [0.29, 0.717) is 12.1 Å². The highest BCUT2D eigenvalue weighted by Gasteiger charge is 2.45. The minimum absolute atomic E-state index is 0.0632. The molecule has 0 aliphatic carbocycles. The van der Waals surface area contributed by atoms with Crippen LogP contribution in [0.25, 0.3) is 0 Å². The summed E-state index contributed by atoms with van der Waals surface area (Å²) in [6.07, 6.45) is 0.618. The van der Waals surface area contributed by atoms with Crippen molar-refractivity contribution in [3.05, 3.63) is 29.6 Å². The van der Waals surface area contributed by atoms with Crippen LogP contribution in [0, 0.1) is 6.92 Å². The Morgan fingerprint density at radius 1 is 1.30 bits per heavy atom. The van der Waals surface area contributed by atoms with Crippen LogP contribution >= 0.6 is 0 Å². The van der Waals surface area contributed by atoms with E-state index in [1.54, 1.807) is 33.8 Å². The fourth-order valence-electron chi connectivity index (χ4n) is 3.23. The number of aryl methyl sites for hydroxylation is 1. The van der Waals surface area contributed by atoms with E-state index < -0.39 is 11.6 Å². The quantitative estimate of drug-likeness (QED) is 0.564. The predicted octanol–water partition coefficient (Wildman–Crippen LogP) is 3.05. The van der Waals surface area contributed by atoms with Gasteiger partial charge in [-0.2, -0.15) is 0 Å². The van der Waals surface area contributed by atoms with Crippen LogP contribution in [-0.2, 0) is 20.9 Å². The molecule has 0 saturated carbocycles. The van der Waals surface area contributed by atoms with Gasteiger partial charge in [-0.3, -0.25) is 19.5 Å². The molecular formula is C20H29N3O4. The van der Waals surface area contributed by atoms with Crippen molar-refractivity contribution >= 4 is 17.9 Å². The molecule has 7 heteroatoms. The van der Waals surface area contributed by atoms with E-state index in [1.807, 2.05) is 26.0 Å². The molecule has 0 radical (unpaired) electrons. The Bertz CT molecular complexity index is 726. The topological polar surface area (TPSA) is 79.8 Å². The van der Waals surface area contributed by atoms with Crippen molar-refractivity contribution < 1.29 is 19.1 Å². The average Bonchev–Trinajstić information content (AvgIpc) is 2.75. The molecule has 1 aromatic heterocycles. The monoisotopic (exact) mass is 375 g/mol. The van der Waals surface area contributed by atoms with Crippen LogP contribution in [0.3, 0.4) is 0 Å². The highest BCUT2D eigenvalue weighted by atomic mass is 16.6. The number of pyridine rings is 1. The second-order valence-electron chi connectivity index (χ2n) is 7.91. The van der Waals surface area contributed by atoms with Gasteiger partial charge in [-0.1, -0.05) is 13.0 Å². The van der Waals surface area contributed by atoms with Gasteiger partial charge in [0.2, 0.25) is 0 Å². The van der Waals surface area contributed by atoms with E-state index in [-0.39, 0.29) is 36.9 Å². The minimum Gasteiger partial charge on any atom is -0.460 e. The second kappa shape index (κ2) is 8.06.